The molecule has 0 atom stereocenters. The first-order valence-corrected chi connectivity index (χ1v) is 4.78. The van der Waals surface area contributed by atoms with Gasteiger partial charge in [0.2, 0.25) is 0 Å². The van der Waals surface area contributed by atoms with E-state index >= 15 is 0 Å². The Bertz CT molecular complexity index is 446. The van der Waals surface area contributed by atoms with Crippen molar-refractivity contribution in [2.24, 2.45) is 0 Å². The first-order valence-electron chi connectivity index (χ1n) is 4.78. The molecule has 1 aromatic rings. The van der Waals surface area contributed by atoms with E-state index in [2.05, 4.69) is 10.1 Å². The van der Waals surface area contributed by atoms with Crippen LogP contribution in [-0.2, 0) is 9.53 Å². The number of rotatable bonds is 4. The van der Waals surface area contributed by atoms with E-state index in [1.54, 1.807) is 6.07 Å². The second kappa shape index (κ2) is 5.80. The molecule has 0 saturated heterocycles. The topological polar surface area (TPSA) is 62.1 Å². The smallest absolute Gasteiger partial charge is 0.307 e. The first kappa shape index (κ1) is 12.9. The molecule has 0 aliphatic heterocycles. The minimum Gasteiger partial charge on any atom is -0.469 e. The summed E-state index contributed by atoms with van der Waals surface area (Å²) >= 11 is 0. The van der Waals surface area contributed by atoms with Crippen LogP contribution in [0.4, 0.5) is 14.5 Å². The molecule has 6 heteroatoms. The molecule has 1 rings (SSSR count). The number of hydrogen-bond acceptors (Lipinski definition) is 4. The Morgan fingerprint density at radius 2 is 2.06 bits per heavy atom. The van der Waals surface area contributed by atoms with Crippen LogP contribution in [0.25, 0.3) is 0 Å². The predicted octanol–water partition coefficient (Wildman–Crippen LogP) is 1.81. The van der Waals surface area contributed by atoms with Gasteiger partial charge in [-0.05, 0) is 12.1 Å². The van der Waals surface area contributed by atoms with Crippen LogP contribution in [-0.4, -0.2) is 19.6 Å². The van der Waals surface area contributed by atoms with E-state index in [0.29, 0.717) is 0 Å². The number of carbonyl (C=O) groups excluding carboxylic acids is 1. The zero-order chi connectivity index (χ0) is 12.8. The molecular weight excluding hydrogens is 230 g/mol. The molecule has 0 bridgehead atoms. The molecule has 0 radical (unpaired) electrons. The monoisotopic (exact) mass is 240 g/mol. The molecule has 0 unspecified atom stereocenters. The van der Waals surface area contributed by atoms with E-state index in [0.717, 1.165) is 12.1 Å². The molecule has 4 nitrogen and oxygen atoms in total. The van der Waals surface area contributed by atoms with Crippen molar-refractivity contribution in [3.63, 3.8) is 0 Å². The van der Waals surface area contributed by atoms with Crippen LogP contribution < -0.4 is 5.32 Å². The fourth-order valence-corrected chi connectivity index (χ4v) is 1.20. The lowest BCUT2D eigenvalue weighted by molar-refractivity contribution is -0.140. The number of anilines is 1. The highest BCUT2D eigenvalue weighted by Crippen LogP contribution is 2.20. The third-order valence-electron chi connectivity index (χ3n) is 2.03. The van der Waals surface area contributed by atoms with Gasteiger partial charge in [0.15, 0.2) is 11.6 Å². The molecule has 90 valence electrons. The zero-order valence-corrected chi connectivity index (χ0v) is 9.09. The van der Waals surface area contributed by atoms with Crippen LogP contribution in [0.5, 0.6) is 0 Å². The Labute approximate surface area is 96.8 Å². The molecule has 17 heavy (non-hydrogen) atoms. The average molecular weight is 240 g/mol. The molecule has 0 spiro atoms. The molecule has 0 aromatic heterocycles. The molecule has 0 saturated carbocycles. The SMILES string of the molecule is COC(=O)CCNc1c(F)cc(C#N)cc1F. The van der Waals surface area contributed by atoms with Crippen molar-refractivity contribution in [3.8, 4) is 6.07 Å². The summed E-state index contributed by atoms with van der Waals surface area (Å²) < 4.78 is 31.0. The van der Waals surface area contributed by atoms with Crippen molar-refractivity contribution in [2.45, 2.75) is 6.42 Å². The van der Waals surface area contributed by atoms with Crippen LogP contribution in [0.2, 0.25) is 0 Å². The van der Waals surface area contributed by atoms with Gasteiger partial charge in [-0.1, -0.05) is 0 Å². The van der Waals surface area contributed by atoms with Gasteiger partial charge in [-0.2, -0.15) is 5.26 Å². The van der Waals surface area contributed by atoms with Crippen LogP contribution in [0.15, 0.2) is 12.1 Å². The van der Waals surface area contributed by atoms with Gasteiger partial charge in [0.25, 0.3) is 0 Å². The Kier molecular flexibility index (Phi) is 4.40. The van der Waals surface area contributed by atoms with Gasteiger partial charge in [-0.3, -0.25) is 4.79 Å². The number of ether oxygens (including phenoxy) is 1. The van der Waals surface area contributed by atoms with Gasteiger partial charge in [0.1, 0.15) is 5.69 Å². The fraction of sp³-hybridized carbons (Fsp3) is 0.273. The summed E-state index contributed by atoms with van der Waals surface area (Å²) in [6.07, 6.45) is -0.00458. The van der Waals surface area contributed by atoms with Gasteiger partial charge >= 0.3 is 5.97 Å². The maximum absolute atomic E-state index is 13.3. The van der Waals surface area contributed by atoms with Crippen LogP contribution in [0.3, 0.4) is 0 Å². The zero-order valence-electron chi connectivity index (χ0n) is 9.09. The minimum absolute atomic E-state index is 0.00458. The first-order chi connectivity index (χ1) is 8.08. The second-order valence-corrected chi connectivity index (χ2v) is 3.18. The molecule has 0 heterocycles. The van der Waals surface area contributed by atoms with E-state index in [4.69, 9.17) is 5.26 Å². The Morgan fingerprint density at radius 1 is 1.47 bits per heavy atom. The summed E-state index contributed by atoms with van der Waals surface area (Å²) in [5, 5.41) is 10.9. The van der Waals surface area contributed by atoms with Gasteiger partial charge in [-0.25, -0.2) is 8.78 Å². The molecule has 0 amide bonds. The van der Waals surface area contributed by atoms with Gasteiger partial charge in [-0.15, -0.1) is 0 Å². The van der Waals surface area contributed by atoms with Crippen molar-refractivity contribution >= 4 is 11.7 Å². The van der Waals surface area contributed by atoms with Crippen LogP contribution >= 0.6 is 0 Å². The van der Waals surface area contributed by atoms with Crippen molar-refractivity contribution in [3.05, 3.63) is 29.3 Å². The lowest BCUT2D eigenvalue weighted by Crippen LogP contribution is -2.11. The number of hydrogen-bond donors (Lipinski definition) is 1. The quantitative estimate of drug-likeness (QED) is 0.815. The van der Waals surface area contributed by atoms with Crippen molar-refractivity contribution < 1.29 is 18.3 Å². The maximum Gasteiger partial charge on any atom is 0.307 e. The molecular formula is C11H10F2N2O2. The van der Waals surface area contributed by atoms with E-state index in [9.17, 15) is 13.6 Å². The standard InChI is InChI=1S/C11H10F2N2O2/c1-17-10(16)2-3-15-11-8(12)4-7(6-14)5-9(11)13/h4-5,15H,2-3H2,1H3. The molecule has 0 aliphatic carbocycles. The second-order valence-electron chi connectivity index (χ2n) is 3.18. The summed E-state index contributed by atoms with van der Waals surface area (Å²) in [7, 11) is 1.23. The van der Waals surface area contributed by atoms with Crippen LogP contribution in [0.1, 0.15) is 12.0 Å². The Balaban J connectivity index is 2.72. The Hall–Kier alpha value is -2.16. The lowest BCUT2D eigenvalue weighted by Gasteiger charge is -2.08. The average Bonchev–Trinajstić information content (AvgIpc) is 2.31. The number of halogens is 2. The largest absolute Gasteiger partial charge is 0.469 e. The van der Waals surface area contributed by atoms with Crippen molar-refractivity contribution in [1.82, 2.24) is 0 Å². The van der Waals surface area contributed by atoms with E-state index < -0.39 is 17.6 Å². The fourth-order valence-electron chi connectivity index (χ4n) is 1.20. The van der Waals surface area contributed by atoms with Gasteiger partial charge in [0, 0.05) is 6.54 Å². The summed E-state index contributed by atoms with van der Waals surface area (Å²) in [6.45, 7) is 0.0480. The highest BCUT2D eigenvalue weighted by atomic mass is 19.1. The summed E-state index contributed by atoms with van der Waals surface area (Å²) in [6, 6.07) is 3.48. The lowest BCUT2D eigenvalue weighted by atomic mass is 10.2. The molecule has 0 aliphatic rings. The molecule has 1 aromatic carbocycles. The predicted molar refractivity (Wildman–Crippen MR) is 56.2 cm³/mol. The third-order valence-corrected chi connectivity index (χ3v) is 2.03. The Morgan fingerprint density at radius 3 is 2.53 bits per heavy atom. The molecule has 1 N–H and O–H groups in total. The van der Waals surface area contributed by atoms with Crippen molar-refractivity contribution in [1.29, 1.82) is 5.26 Å². The number of nitrogens with one attached hydrogen (secondary N) is 1. The van der Waals surface area contributed by atoms with Crippen LogP contribution in [0, 0.1) is 23.0 Å². The number of carbonyl (C=O) groups is 1. The number of benzene rings is 1. The number of nitrogens with zero attached hydrogens (tertiary/aromatic N) is 1. The molecule has 0 fully saturated rings. The van der Waals surface area contributed by atoms with Gasteiger partial charge in [0.05, 0.1) is 25.2 Å². The number of methoxy groups -OCH3 is 1. The number of esters is 1. The van der Waals surface area contributed by atoms with Gasteiger partial charge < -0.3 is 10.1 Å². The highest BCUT2D eigenvalue weighted by molar-refractivity contribution is 5.69. The van der Waals surface area contributed by atoms with Crippen molar-refractivity contribution in [2.75, 3.05) is 19.0 Å². The van der Waals surface area contributed by atoms with E-state index in [1.807, 2.05) is 0 Å². The van der Waals surface area contributed by atoms with E-state index in [1.165, 1.54) is 7.11 Å². The minimum atomic E-state index is -0.869. The summed E-state index contributed by atoms with van der Waals surface area (Å²) in [5.74, 6) is -2.22. The highest BCUT2D eigenvalue weighted by Gasteiger charge is 2.11. The maximum atomic E-state index is 13.3. The number of nitriles is 1. The third kappa shape index (κ3) is 3.41. The summed E-state index contributed by atoms with van der Waals surface area (Å²) in [4.78, 5) is 10.8. The van der Waals surface area contributed by atoms with E-state index in [-0.39, 0.29) is 24.2 Å². The normalized spacial score (nSPS) is 9.53. The summed E-state index contributed by atoms with van der Waals surface area (Å²) in [5.41, 5.74) is -0.452.